The summed E-state index contributed by atoms with van der Waals surface area (Å²) in [5, 5.41) is 23.2. The monoisotopic (exact) mass is 271 g/mol. The molecule has 20 heavy (non-hydrogen) atoms. The molecule has 2 aromatic rings. The zero-order valence-electron chi connectivity index (χ0n) is 12.1. The highest BCUT2D eigenvalue weighted by Gasteiger charge is 2.18. The van der Waals surface area contributed by atoms with Crippen LogP contribution in [0.3, 0.4) is 0 Å². The van der Waals surface area contributed by atoms with E-state index < -0.39 is 0 Å². The molecule has 0 amide bonds. The number of phenols is 2. The van der Waals surface area contributed by atoms with Crippen LogP contribution >= 0.6 is 0 Å². The van der Waals surface area contributed by atoms with Crippen LogP contribution in [-0.4, -0.2) is 10.2 Å². The average molecular weight is 271 g/mol. The Hall–Kier alpha value is -2.00. The zero-order valence-corrected chi connectivity index (χ0v) is 12.1. The van der Waals surface area contributed by atoms with Gasteiger partial charge in [-0.15, -0.1) is 0 Å². The predicted octanol–water partition coefficient (Wildman–Crippen LogP) is 3.82. The number of aryl methyl sites for hydroxylation is 1. The summed E-state index contributed by atoms with van der Waals surface area (Å²) < 4.78 is 0. The molecule has 106 valence electrons. The van der Waals surface area contributed by atoms with E-state index in [9.17, 15) is 10.2 Å². The van der Waals surface area contributed by atoms with Crippen molar-refractivity contribution in [3.63, 3.8) is 0 Å². The maximum Gasteiger partial charge on any atom is 0.124 e. The number of nitrogens with one attached hydrogen (secondary N) is 1. The minimum Gasteiger partial charge on any atom is -0.507 e. The molecule has 0 saturated carbocycles. The van der Waals surface area contributed by atoms with E-state index in [4.69, 9.17) is 0 Å². The number of benzene rings is 2. The minimum absolute atomic E-state index is 0.113. The van der Waals surface area contributed by atoms with E-state index in [2.05, 4.69) is 31.3 Å². The molecule has 3 heteroatoms. The summed E-state index contributed by atoms with van der Waals surface area (Å²) in [5.74, 6) is 0.226. The molecule has 3 N–H and O–H groups in total. The average Bonchev–Trinajstić information content (AvgIpc) is 2.38. The standard InChI is InChI=1S/C17H21NO2/c1-11-7-4-5-8-14(11)12(2)18-13(3)17-15(19)9-6-10-16(17)20/h4-10,12-13,18-20H,1-3H3/t12-,13?/m0/s1. The van der Waals surface area contributed by atoms with Crippen molar-refractivity contribution in [1.29, 1.82) is 0 Å². The first-order chi connectivity index (χ1) is 9.50. The summed E-state index contributed by atoms with van der Waals surface area (Å²) in [7, 11) is 0. The lowest BCUT2D eigenvalue weighted by Gasteiger charge is -2.23. The molecule has 0 aromatic heterocycles. The van der Waals surface area contributed by atoms with E-state index in [-0.39, 0.29) is 23.6 Å². The fraction of sp³-hybridized carbons (Fsp3) is 0.294. The third-order valence-corrected chi connectivity index (χ3v) is 3.65. The lowest BCUT2D eigenvalue weighted by molar-refractivity contribution is 0.407. The molecule has 3 nitrogen and oxygen atoms in total. The van der Waals surface area contributed by atoms with Crippen molar-refractivity contribution in [3.8, 4) is 11.5 Å². The Morgan fingerprint density at radius 1 is 0.850 bits per heavy atom. The molecule has 1 unspecified atom stereocenters. The van der Waals surface area contributed by atoms with Crippen LogP contribution in [0.2, 0.25) is 0 Å². The molecule has 0 saturated heterocycles. The molecular weight excluding hydrogens is 250 g/mol. The fourth-order valence-electron chi connectivity index (χ4n) is 2.61. The van der Waals surface area contributed by atoms with E-state index in [0.29, 0.717) is 5.56 Å². The summed E-state index contributed by atoms with van der Waals surface area (Å²) in [6, 6.07) is 13.0. The van der Waals surface area contributed by atoms with Crippen molar-refractivity contribution in [2.45, 2.75) is 32.9 Å². The van der Waals surface area contributed by atoms with Gasteiger partial charge in [-0.25, -0.2) is 0 Å². The number of hydrogen-bond donors (Lipinski definition) is 3. The minimum atomic E-state index is -0.147. The van der Waals surface area contributed by atoms with Gasteiger partial charge in [-0.2, -0.15) is 0 Å². The Kier molecular flexibility index (Phi) is 4.30. The first-order valence-electron chi connectivity index (χ1n) is 6.83. The number of hydrogen-bond acceptors (Lipinski definition) is 3. The molecule has 0 spiro atoms. The second-order valence-corrected chi connectivity index (χ2v) is 5.18. The Morgan fingerprint density at radius 2 is 1.45 bits per heavy atom. The molecule has 0 aliphatic carbocycles. The van der Waals surface area contributed by atoms with Crippen LogP contribution in [0.4, 0.5) is 0 Å². The number of rotatable bonds is 4. The quantitative estimate of drug-likeness (QED) is 0.792. The molecule has 0 heterocycles. The molecule has 0 fully saturated rings. The van der Waals surface area contributed by atoms with Gasteiger partial charge in [0.25, 0.3) is 0 Å². The first-order valence-corrected chi connectivity index (χ1v) is 6.83. The summed E-state index contributed by atoms with van der Waals surface area (Å²) in [5.41, 5.74) is 2.98. The van der Waals surface area contributed by atoms with Gasteiger partial charge in [0.15, 0.2) is 0 Å². The molecule has 2 atom stereocenters. The van der Waals surface area contributed by atoms with Gasteiger partial charge in [-0.05, 0) is 44.0 Å². The topological polar surface area (TPSA) is 52.5 Å². The summed E-state index contributed by atoms with van der Waals surface area (Å²) in [6.45, 7) is 6.09. The lowest BCUT2D eigenvalue weighted by Crippen LogP contribution is -2.23. The highest BCUT2D eigenvalue weighted by molar-refractivity contribution is 5.45. The van der Waals surface area contributed by atoms with Crippen LogP contribution in [0.15, 0.2) is 42.5 Å². The zero-order chi connectivity index (χ0) is 14.7. The van der Waals surface area contributed by atoms with Crippen molar-refractivity contribution in [3.05, 3.63) is 59.2 Å². The second-order valence-electron chi connectivity index (χ2n) is 5.18. The summed E-state index contributed by atoms with van der Waals surface area (Å²) in [6.07, 6.45) is 0. The highest BCUT2D eigenvalue weighted by Crippen LogP contribution is 2.33. The van der Waals surface area contributed by atoms with E-state index in [1.807, 2.05) is 19.1 Å². The maximum absolute atomic E-state index is 9.90. The highest BCUT2D eigenvalue weighted by atomic mass is 16.3. The molecule has 0 aliphatic rings. The molecular formula is C17H21NO2. The third kappa shape index (κ3) is 2.94. The normalized spacial score (nSPS) is 13.9. The lowest BCUT2D eigenvalue weighted by atomic mass is 10.00. The van der Waals surface area contributed by atoms with E-state index in [1.165, 1.54) is 11.1 Å². The Bertz CT molecular complexity index is 575. The van der Waals surface area contributed by atoms with Crippen LogP contribution in [-0.2, 0) is 0 Å². The third-order valence-electron chi connectivity index (χ3n) is 3.65. The summed E-state index contributed by atoms with van der Waals surface area (Å²) >= 11 is 0. The van der Waals surface area contributed by atoms with E-state index in [1.54, 1.807) is 18.2 Å². The molecule has 2 rings (SSSR count). The van der Waals surface area contributed by atoms with Crippen molar-refractivity contribution < 1.29 is 10.2 Å². The predicted molar refractivity (Wildman–Crippen MR) is 80.9 cm³/mol. The van der Waals surface area contributed by atoms with Crippen LogP contribution in [0, 0.1) is 6.92 Å². The van der Waals surface area contributed by atoms with Crippen molar-refractivity contribution in [2.75, 3.05) is 0 Å². The Labute approximate surface area is 119 Å². The van der Waals surface area contributed by atoms with Gasteiger partial charge in [-0.1, -0.05) is 30.3 Å². The molecule has 0 radical (unpaired) electrons. The summed E-state index contributed by atoms with van der Waals surface area (Å²) in [4.78, 5) is 0. The van der Waals surface area contributed by atoms with Gasteiger partial charge in [0.1, 0.15) is 11.5 Å². The SMILES string of the molecule is Cc1ccccc1[C@H](C)NC(C)c1c(O)cccc1O. The van der Waals surface area contributed by atoms with Gasteiger partial charge in [0.05, 0.1) is 5.56 Å². The smallest absolute Gasteiger partial charge is 0.124 e. The molecule has 0 aliphatic heterocycles. The number of phenolic OH excluding ortho intramolecular Hbond substituents is 2. The number of aromatic hydroxyl groups is 2. The van der Waals surface area contributed by atoms with Crippen LogP contribution < -0.4 is 5.32 Å². The van der Waals surface area contributed by atoms with Gasteiger partial charge in [0.2, 0.25) is 0 Å². The van der Waals surface area contributed by atoms with Crippen molar-refractivity contribution >= 4 is 0 Å². The van der Waals surface area contributed by atoms with Gasteiger partial charge in [-0.3, -0.25) is 0 Å². The first kappa shape index (κ1) is 14.4. The van der Waals surface area contributed by atoms with Crippen LogP contribution in [0.25, 0.3) is 0 Å². The van der Waals surface area contributed by atoms with Crippen LogP contribution in [0.5, 0.6) is 11.5 Å². The van der Waals surface area contributed by atoms with Gasteiger partial charge >= 0.3 is 0 Å². The van der Waals surface area contributed by atoms with Crippen molar-refractivity contribution in [2.24, 2.45) is 0 Å². The van der Waals surface area contributed by atoms with Gasteiger partial charge < -0.3 is 15.5 Å². The molecule has 0 bridgehead atoms. The fourth-order valence-corrected chi connectivity index (χ4v) is 2.61. The Morgan fingerprint density at radius 3 is 2.05 bits per heavy atom. The maximum atomic E-state index is 9.90. The van der Waals surface area contributed by atoms with E-state index >= 15 is 0 Å². The van der Waals surface area contributed by atoms with E-state index in [0.717, 1.165) is 0 Å². The van der Waals surface area contributed by atoms with Crippen molar-refractivity contribution in [1.82, 2.24) is 5.32 Å². The largest absolute Gasteiger partial charge is 0.507 e. The Balaban J connectivity index is 2.20. The van der Waals surface area contributed by atoms with Crippen LogP contribution in [0.1, 0.15) is 42.6 Å². The van der Waals surface area contributed by atoms with Gasteiger partial charge in [0, 0.05) is 12.1 Å². The second kappa shape index (κ2) is 5.97. The molecule has 2 aromatic carbocycles.